The Morgan fingerprint density at radius 1 is 1.16 bits per heavy atom. The number of nitrogens with two attached hydrogens (primary N) is 1. The van der Waals surface area contributed by atoms with Crippen LogP contribution in [0.1, 0.15) is 67.6 Å². The minimum atomic E-state index is -0.654. The van der Waals surface area contributed by atoms with E-state index in [1.54, 1.807) is 17.7 Å². The summed E-state index contributed by atoms with van der Waals surface area (Å²) in [4.78, 5) is 19.9. The van der Waals surface area contributed by atoms with E-state index in [9.17, 15) is 9.90 Å². The van der Waals surface area contributed by atoms with Crippen molar-refractivity contribution in [2.75, 3.05) is 0 Å². The molecule has 0 radical (unpaired) electrons. The van der Waals surface area contributed by atoms with Gasteiger partial charge in [-0.05, 0) is 54.5 Å². The van der Waals surface area contributed by atoms with Crippen LogP contribution in [0.15, 0.2) is 65.6 Å². The Labute approximate surface area is 216 Å². The number of nitrogens with zero attached hydrogens (tertiary/aromatic N) is 4. The van der Waals surface area contributed by atoms with Crippen LogP contribution in [0.4, 0.5) is 0 Å². The summed E-state index contributed by atoms with van der Waals surface area (Å²) in [5.74, 6) is 0.997. The second-order valence-corrected chi connectivity index (χ2v) is 10.2. The lowest BCUT2D eigenvalue weighted by Gasteiger charge is -2.22. The lowest BCUT2D eigenvalue weighted by atomic mass is 9.87. The fraction of sp³-hybridized carbons (Fsp3) is 0.357. The van der Waals surface area contributed by atoms with E-state index in [4.69, 9.17) is 15.0 Å². The summed E-state index contributed by atoms with van der Waals surface area (Å²) in [6, 6.07) is 15.6. The monoisotopic (exact) mass is 503 g/mol. The molecule has 9 nitrogen and oxygen atoms in total. The van der Waals surface area contributed by atoms with E-state index in [-0.39, 0.29) is 23.8 Å². The molecule has 0 aliphatic carbocycles. The summed E-state index contributed by atoms with van der Waals surface area (Å²) in [7, 11) is 0. The molecule has 9 heteroatoms. The van der Waals surface area contributed by atoms with E-state index < -0.39 is 12.0 Å². The van der Waals surface area contributed by atoms with Gasteiger partial charge in [-0.2, -0.15) is 4.98 Å². The highest BCUT2D eigenvalue weighted by molar-refractivity contribution is 5.90. The molecule has 2 atom stereocenters. The van der Waals surface area contributed by atoms with Gasteiger partial charge in [-0.25, -0.2) is 4.98 Å². The maximum Gasteiger partial charge on any atom is 0.268 e. The lowest BCUT2D eigenvalue weighted by molar-refractivity contribution is 0.0994. The number of benzene rings is 2. The Hall–Kier alpha value is -3.98. The average Bonchev–Trinajstić information content (AvgIpc) is 3.53. The zero-order chi connectivity index (χ0) is 26.6. The highest BCUT2D eigenvalue weighted by Gasteiger charge is 2.20. The maximum absolute atomic E-state index is 11.4. The van der Waals surface area contributed by atoms with Crippen molar-refractivity contribution in [1.82, 2.24) is 19.7 Å². The number of rotatable bonds is 10. The molecule has 2 aromatic carbocycles. The van der Waals surface area contributed by atoms with Crippen LogP contribution in [0.25, 0.3) is 11.5 Å². The molecule has 4 aromatic rings. The van der Waals surface area contributed by atoms with Gasteiger partial charge in [0.25, 0.3) is 11.8 Å². The molecule has 2 aromatic heterocycles. The number of hydrogen-bond acceptors (Lipinski definition) is 7. The van der Waals surface area contributed by atoms with Gasteiger partial charge < -0.3 is 24.7 Å². The third kappa shape index (κ3) is 6.42. The average molecular weight is 504 g/mol. The van der Waals surface area contributed by atoms with Crippen molar-refractivity contribution in [3.63, 3.8) is 0 Å². The molecule has 3 N–H and O–H groups in total. The molecule has 1 amide bonds. The fourth-order valence-corrected chi connectivity index (χ4v) is 4.12. The lowest BCUT2D eigenvalue weighted by Crippen LogP contribution is -2.21. The van der Waals surface area contributed by atoms with Crippen LogP contribution in [-0.4, -0.2) is 36.8 Å². The highest BCUT2D eigenvalue weighted by atomic mass is 16.5. The Kier molecular flexibility index (Phi) is 7.73. The van der Waals surface area contributed by atoms with Crippen LogP contribution in [-0.2, 0) is 18.4 Å². The Balaban J connectivity index is 1.40. The number of primary amides is 1. The van der Waals surface area contributed by atoms with E-state index in [1.165, 1.54) is 11.9 Å². The molecular weight excluding hydrogens is 470 g/mol. The van der Waals surface area contributed by atoms with E-state index in [0.29, 0.717) is 30.3 Å². The van der Waals surface area contributed by atoms with Crippen LogP contribution in [0.5, 0.6) is 5.75 Å². The fourth-order valence-electron chi connectivity index (χ4n) is 4.12. The standard InChI is InChI=1S/C28H33N5O4/c1-18(34)23(33-15-22(26(29)35)30-17-33)14-11-19-7-5-6-8-24(19)36-16-25-31-27(37-32-25)20-9-12-21(13-10-20)28(2,3)4/h5-10,12-13,15,17-18,23,34H,11,14,16H2,1-4H3,(H2,29,35). The number of aryl methyl sites for hydroxylation is 1. The van der Waals surface area contributed by atoms with Crippen molar-refractivity contribution in [3.8, 4) is 17.2 Å². The number of aliphatic hydroxyl groups is 1. The first-order valence-corrected chi connectivity index (χ1v) is 12.3. The number of aromatic nitrogens is 4. The second-order valence-electron chi connectivity index (χ2n) is 10.2. The van der Waals surface area contributed by atoms with Gasteiger partial charge in [0.2, 0.25) is 5.82 Å². The molecule has 0 spiro atoms. The molecule has 0 bridgehead atoms. The van der Waals surface area contributed by atoms with E-state index in [2.05, 4.69) is 48.0 Å². The third-order valence-corrected chi connectivity index (χ3v) is 6.30. The second kappa shape index (κ2) is 11.0. The van der Waals surface area contributed by atoms with E-state index in [1.807, 2.05) is 36.4 Å². The van der Waals surface area contributed by atoms with Crippen molar-refractivity contribution >= 4 is 5.91 Å². The van der Waals surface area contributed by atoms with Crippen molar-refractivity contribution < 1.29 is 19.2 Å². The van der Waals surface area contributed by atoms with Crippen molar-refractivity contribution in [2.45, 2.75) is 64.7 Å². The molecule has 0 saturated carbocycles. The predicted octanol–water partition coefficient (Wildman–Crippen LogP) is 4.46. The first kappa shape index (κ1) is 26.1. The van der Waals surface area contributed by atoms with Crippen molar-refractivity contribution in [2.24, 2.45) is 5.73 Å². The topological polar surface area (TPSA) is 129 Å². The quantitative estimate of drug-likeness (QED) is 0.327. The van der Waals surface area contributed by atoms with Gasteiger partial charge in [-0.15, -0.1) is 0 Å². The molecule has 37 heavy (non-hydrogen) atoms. The molecule has 4 rings (SSSR count). The van der Waals surface area contributed by atoms with Gasteiger partial charge >= 0.3 is 0 Å². The van der Waals surface area contributed by atoms with Gasteiger partial charge in [0.1, 0.15) is 11.4 Å². The summed E-state index contributed by atoms with van der Waals surface area (Å²) >= 11 is 0. The van der Waals surface area contributed by atoms with Crippen LogP contribution in [0.3, 0.4) is 0 Å². The molecule has 0 aliphatic rings. The van der Waals surface area contributed by atoms with Crippen molar-refractivity contribution in [1.29, 1.82) is 0 Å². The van der Waals surface area contributed by atoms with Gasteiger partial charge in [0.05, 0.1) is 18.5 Å². The normalized spacial score (nSPS) is 13.3. The Morgan fingerprint density at radius 2 is 1.89 bits per heavy atom. The zero-order valence-electron chi connectivity index (χ0n) is 21.6. The molecule has 2 unspecified atom stereocenters. The summed E-state index contributed by atoms with van der Waals surface area (Å²) in [6.45, 7) is 8.38. The summed E-state index contributed by atoms with van der Waals surface area (Å²) in [6.07, 6.45) is 3.66. The summed E-state index contributed by atoms with van der Waals surface area (Å²) in [5.41, 5.74) is 8.62. The zero-order valence-corrected chi connectivity index (χ0v) is 21.6. The number of para-hydroxylation sites is 1. The molecule has 0 aliphatic heterocycles. The van der Waals surface area contributed by atoms with Crippen LogP contribution >= 0.6 is 0 Å². The van der Waals surface area contributed by atoms with E-state index in [0.717, 1.165) is 11.1 Å². The highest BCUT2D eigenvalue weighted by Crippen LogP contribution is 2.27. The Morgan fingerprint density at radius 3 is 2.54 bits per heavy atom. The van der Waals surface area contributed by atoms with Gasteiger partial charge in [-0.3, -0.25) is 4.79 Å². The molecular formula is C28H33N5O4. The van der Waals surface area contributed by atoms with Gasteiger partial charge in [0, 0.05) is 11.8 Å². The number of aliphatic hydroxyl groups excluding tert-OH is 1. The number of carbonyl (C=O) groups excluding carboxylic acids is 1. The summed E-state index contributed by atoms with van der Waals surface area (Å²) in [5, 5.41) is 14.4. The number of imidazole rings is 1. The smallest absolute Gasteiger partial charge is 0.268 e. The molecule has 2 heterocycles. The maximum atomic E-state index is 11.4. The molecule has 0 saturated heterocycles. The minimum Gasteiger partial charge on any atom is -0.485 e. The van der Waals surface area contributed by atoms with Crippen LogP contribution in [0.2, 0.25) is 0 Å². The number of hydrogen-bond donors (Lipinski definition) is 2. The number of amides is 1. The number of ether oxygens (including phenoxy) is 1. The van der Waals surface area contributed by atoms with E-state index >= 15 is 0 Å². The molecule has 194 valence electrons. The number of carbonyl (C=O) groups is 1. The van der Waals surface area contributed by atoms with Crippen LogP contribution < -0.4 is 10.5 Å². The first-order valence-electron chi connectivity index (χ1n) is 12.3. The van der Waals surface area contributed by atoms with Crippen molar-refractivity contribution in [3.05, 3.63) is 83.7 Å². The largest absolute Gasteiger partial charge is 0.485 e. The Bertz CT molecular complexity index is 1340. The minimum absolute atomic E-state index is 0.0697. The summed E-state index contributed by atoms with van der Waals surface area (Å²) < 4.78 is 13.2. The van der Waals surface area contributed by atoms with Crippen LogP contribution in [0, 0.1) is 0 Å². The van der Waals surface area contributed by atoms with Gasteiger partial charge in [-0.1, -0.05) is 56.3 Å². The first-order chi connectivity index (χ1) is 17.6. The predicted molar refractivity (Wildman–Crippen MR) is 139 cm³/mol. The van der Waals surface area contributed by atoms with Gasteiger partial charge in [0.15, 0.2) is 6.61 Å². The third-order valence-electron chi connectivity index (χ3n) is 6.30. The SMILES string of the molecule is CC(O)C(CCc1ccccc1OCc1noc(-c2ccc(C(C)(C)C)cc2)n1)n1cnc(C(N)=O)c1. The molecule has 0 fully saturated rings.